The average Bonchev–Trinajstić information content (AvgIpc) is 3.13. The minimum absolute atomic E-state index is 0.0208. The number of hydrogen-bond acceptors (Lipinski definition) is 6. The first-order chi connectivity index (χ1) is 15.3. The fourth-order valence-corrected chi connectivity index (χ4v) is 4.16. The zero-order valence-electron chi connectivity index (χ0n) is 18.5. The van der Waals surface area contributed by atoms with E-state index in [-0.39, 0.29) is 29.0 Å². The summed E-state index contributed by atoms with van der Waals surface area (Å²) < 4.78 is 5.78. The molecule has 2 heterocycles. The lowest BCUT2D eigenvalue weighted by molar-refractivity contribution is -0.121. The van der Waals surface area contributed by atoms with Gasteiger partial charge in [-0.2, -0.15) is 0 Å². The number of furan rings is 1. The van der Waals surface area contributed by atoms with Gasteiger partial charge in [0.15, 0.2) is 0 Å². The number of aryl methyl sites for hydroxylation is 1. The molecule has 3 aromatic rings. The molecule has 32 heavy (non-hydrogen) atoms. The van der Waals surface area contributed by atoms with E-state index in [1.54, 1.807) is 18.3 Å². The largest absolute Gasteiger partial charge is 0.508 e. The van der Waals surface area contributed by atoms with Crippen molar-refractivity contribution in [1.29, 1.82) is 0 Å². The van der Waals surface area contributed by atoms with Gasteiger partial charge in [-0.05, 0) is 76.5 Å². The van der Waals surface area contributed by atoms with Crippen LogP contribution in [-0.4, -0.2) is 46.9 Å². The number of aromatic hydroxyl groups is 1. The van der Waals surface area contributed by atoms with E-state index in [1.807, 2.05) is 13.0 Å². The number of nitrogens with zero attached hydrogens (tertiary/aromatic N) is 2. The number of anilines is 2. The molecule has 0 saturated heterocycles. The third kappa shape index (κ3) is 4.60. The van der Waals surface area contributed by atoms with Crippen molar-refractivity contribution in [2.45, 2.75) is 38.6 Å². The van der Waals surface area contributed by atoms with E-state index in [9.17, 15) is 14.7 Å². The monoisotopic (exact) mass is 436 g/mol. The summed E-state index contributed by atoms with van der Waals surface area (Å²) in [6.07, 6.45) is 5.11. The Labute approximate surface area is 186 Å². The van der Waals surface area contributed by atoms with Crippen molar-refractivity contribution in [3.05, 3.63) is 47.9 Å². The molecule has 8 heteroatoms. The number of carbonyl (C=O) groups excluding carboxylic acids is 2. The molecular weight excluding hydrogens is 408 g/mol. The number of fused-ring (bicyclic) bond motifs is 1. The van der Waals surface area contributed by atoms with E-state index in [0.29, 0.717) is 22.8 Å². The summed E-state index contributed by atoms with van der Waals surface area (Å²) in [5.74, 6) is -0.429. The fraction of sp³-hybridized carbons (Fsp3) is 0.375. The van der Waals surface area contributed by atoms with Crippen LogP contribution in [0.1, 0.15) is 41.8 Å². The number of rotatable bonds is 5. The topological polar surface area (TPSA) is 108 Å². The maximum absolute atomic E-state index is 13.1. The summed E-state index contributed by atoms with van der Waals surface area (Å²) >= 11 is 0. The fourth-order valence-electron chi connectivity index (χ4n) is 4.16. The van der Waals surface area contributed by atoms with E-state index >= 15 is 0 Å². The molecule has 168 valence electrons. The second-order valence-electron chi connectivity index (χ2n) is 8.62. The number of pyridine rings is 1. The quantitative estimate of drug-likeness (QED) is 0.555. The molecule has 0 aliphatic heterocycles. The lowest BCUT2D eigenvalue weighted by atomic mass is 9.85. The molecule has 0 radical (unpaired) electrons. The molecule has 1 aromatic carbocycles. The van der Waals surface area contributed by atoms with Crippen LogP contribution in [-0.2, 0) is 4.79 Å². The van der Waals surface area contributed by atoms with E-state index in [0.717, 1.165) is 31.2 Å². The number of hydrogen-bond donors (Lipinski definition) is 3. The molecular formula is C24H28N4O4. The molecule has 1 saturated carbocycles. The molecule has 1 aliphatic rings. The molecule has 4 rings (SSSR count). The van der Waals surface area contributed by atoms with Gasteiger partial charge in [-0.25, -0.2) is 4.98 Å². The summed E-state index contributed by atoms with van der Waals surface area (Å²) in [5, 5.41) is 16.1. The smallest absolute Gasteiger partial charge is 0.294 e. The number of phenols is 1. The Morgan fingerprint density at radius 1 is 1.09 bits per heavy atom. The number of nitrogens with one attached hydrogen (secondary N) is 2. The highest BCUT2D eigenvalue weighted by Crippen LogP contribution is 2.35. The summed E-state index contributed by atoms with van der Waals surface area (Å²) in [4.78, 5) is 32.4. The molecule has 0 bridgehead atoms. The third-order valence-corrected chi connectivity index (χ3v) is 6.08. The zero-order chi connectivity index (χ0) is 22.8. The Bertz CT molecular complexity index is 1130. The molecule has 0 unspecified atom stereocenters. The average molecular weight is 437 g/mol. The number of amides is 2. The van der Waals surface area contributed by atoms with Gasteiger partial charge >= 0.3 is 0 Å². The highest BCUT2D eigenvalue weighted by atomic mass is 16.3. The number of benzene rings is 1. The van der Waals surface area contributed by atoms with Gasteiger partial charge in [0.1, 0.15) is 22.8 Å². The molecule has 3 N–H and O–H groups in total. The second kappa shape index (κ2) is 9.00. The lowest BCUT2D eigenvalue weighted by Crippen LogP contribution is -2.35. The van der Waals surface area contributed by atoms with Gasteiger partial charge in [-0.15, -0.1) is 0 Å². The first-order valence-corrected chi connectivity index (χ1v) is 10.8. The standard InChI is InChI=1S/C24H28N4O4/c1-14-4-11-20(25-13-14)26-24(31)22-21(18-12-17(29)9-10-19(18)32-22)27-23(30)15-5-7-16(8-6-15)28(2)3/h4,9-13,15-16,29H,5-8H2,1-3H3,(H,27,30)(H,25,26,31)/t15-,16-. The van der Waals surface area contributed by atoms with E-state index in [1.165, 1.54) is 12.1 Å². The van der Waals surface area contributed by atoms with Crippen molar-refractivity contribution in [3.8, 4) is 5.75 Å². The van der Waals surface area contributed by atoms with Crippen LogP contribution in [0.5, 0.6) is 5.75 Å². The SMILES string of the molecule is Cc1ccc(NC(=O)c2oc3ccc(O)cc3c2NC(=O)[C@H]2CC[C@H](N(C)C)CC2)nc1. The second-order valence-corrected chi connectivity index (χ2v) is 8.62. The summed E-state index contributed by atoms with van der Waals surface area (Å²) in [7, 11) is 4.12. The predicted molar refractivity (Wildman–Crippen MR) is 123 cm³/mol. The maximum Gasteiger partial charge on any atom is 0.294 e. The van der Waals surface area contributed by atoms with Gasteiger partial charge in [0.2, 0.25) is 11.7 Å². The van der Waals surface area contributed by atoms with Crippen molar-refractivity contribution in [1.82, 2.24) is 9.88 Å². The van der Waals surface area contributed by atoms with Gasteiger partial charge < -0.3 is 25.1 Å². The Kier molecular flexibility index (Phi) is 6.14. The summed E-state index contributed by atoms with van der Waals surface area (Å²) in [5.41, 5.74) is 1.64. The Balaban J connectivity index is 1.59. The van der Waals surface area contributed by atoms with Crippen molar-refractivity contribution < 1.29 is 19.1 Å². The Morgan fingerprint density at radius 3 is 2.50 bits per heavy atom. The highest BCUT2D eigenvalue weighted by Gasteiger charge is 2.30. The van der Waals surface area contributed by atoms with Crippen LogP contribution in [0.15, 0.2) is 40.9 Å². The van der Waals surface area contributed by atoms with Crippen LogP contribution < -0.4 is 10.6 Å². The first kappa shape index (κ1) is 21.8. The van der Waals surface area contributed by atoms with E-state index < -0.39 is 5.91 Å². The summed E-state index contributed by atoms with van der Waals surface area (Å²) in [6, 6.07) is 8.55. The molecule has 0 spiro atoms. The number of aromatic nitrogens is 1. The minimum atomic E-state index is -0.524. The lowest BCUT2D eigenvalue weighted by Gasteiger charge is -2.31. The molecule has 8 nitrogen and oxygen atoms in total. The molecule has 0 atom stereocenters. The van der Waals surface area contributed by atoms with Crippen LogP contribution in [0.3, 0.4) is 0 Å². The van der Waals surface area contributed by atoms with Crippen LogP contribution in [0.4, 0.5) is 11.5 Å². The van der Waals surface area contributed by atoms with Gasteiger partial charge in [0, 0.05) is 23.5 Å². The first-order valence-electron chi connectivity index (χ1n) is 10.8. The number of phenolic OH excluding ortho intramolecular Hbond substituents is 1. The van der Waals surface area contributed by atoms with Crippen molar-refractivity contribution in [2.75, 3.05) is 24.7 Å². The van der Waals surface area contributed by atoms with Crippen LogP contribution in [0.25, 0.3) is 11.0 Å². The Hall–Kier alpha value is -3.39. The van der Waals surface area contributed by atoms with Crippen molar-refractivity contribution in [2.24, 2.45) is 5.92 Å². The minimum Gasteiger partial charge on any atom is -0.508 e. The predicted octanol–water partition coefficient (Wildman–Crippen LogP) is 4.15. The van der Waals surface area contributed by atoms with Crippen molar-refractivity contribution >= 4 is 34.3 Å². The molecule has 1 aliphatic carbocycles. The van der Waals surface area contributed by atoms with Crippen LogP contribution in [0.2, 0.25) is 0 Å². The Morgan fingerprint density at radius 2 is 1.84 bits per heavy atom. The van der Waals surface area contributed by atoms with Gasteiger partial charge in [0.05, 0.1) is 0 Å². The summed E-state index contributed by atoms with van der Waals surface area (Å²) in [6.45, 7) is 1.91. The number of carbonyl (C=O) groups is 2. The van der Waals surface area contributed by atoms with Gasteiger partial charge in [-0.1, -0.05) is 6.07 Å². The molecule has 2 amide bonds. The highest BCUT2D eigenvalue weighted by molar-refractivity contribution is 6.14. The third-order valence-electron chi connectivity index (χ3n) is 6.08. The van der Waals surface area contributed by atoms with Crippen molar-refractivity contribution in [3.63, 3.8) is 0 Å². The van der Waals surface area contributed by atoms with Gasteiger partial charge in [-0.3, -0.25) is 9.59 Å². The molecule has 2 aromatic heterocycles. The van der Waals surface area contributed by atoms with E-state index in [4.69, 9.17) is 4.42 Å². The normalized spacial score (nSPS) is 18.6. The van der Waals surface area contributed by atoms with Crippen LogP contribution in [0, 0.1) is 12.8 Å². The zero-order valence-corrected chi connectivity index (χ0v) is 18.5. The molecule has 1 fully saturated rings. The van der Waals surface area contributed by atoms with Crippen LogP contribution >= 0.6 is 0 Å². The van der Waals surface area contributed by atoms with Gasteiger partial charge in [0.25, 0.3) is 5.91 Å². The van der Waals surface area contributed by atoms with E-state index in [2.05, 4.69) is 34.6 Å². The maximum atomic E-state index is 13.1.